The summed E-state index contributed by atoms with van der Waals surface area (Å²) in [7, 11) is 1.72. The molecule has 0 saturated carbocycles. The lowest BCUT2D eigenvalue weighted by molar-refractivity contribution is 0.410. The molecular formula is C13H21NO. The fraction of sp³-hybridized carbons (Fsp3) is 0.538. The van der Waals surface area contributed by atoms with Gasteiger partial charge in [0.2, 0.25) is 0 Å². The van der Waals surface area contributed by atoms with E-state index in [1.165, 1.54) is 11.1 Å². The Hall–Kier alpha value is -1.02. The third-order valence-corrected chi connectivity index (χ3v) is 2.74. The topological polar surface area (TPSA) is 21.3 Å². The maximum atomic E-state index is 5.29. The van der Waals surface area contributed by atoms with E-state index in [0.717, 1.165) is 18.7 Å². The normalized spacial score (nSPS) is 12.5. The Bertz CT molecular complexity index is 309. The molecular weight excluding hydrogens is 186 g/mol. The van der Waals surface area contributed by atoms with Crippen molar-refractivity contribution in [1.82, 2.24) is 5.32 Å². The number of hydrogen-bond donors (Lipinski definition) is 1. The summed E-state index contributed by atoms with van der Waals surface area (Å²) in [5.41, 5.74) is 2.46. The highest BCUT2D eigenvalue weighted by atomic mass is 16.5. The first-order valence-electron chi connectivity index (χ1n) is 5.54. The summed E-state index contributed by atoms with van der Waals surface area (Å²) in [6.07, 6.45) is 1.16. The van der Waals surface area contributed by atoms with Crippen molar-refractivity contribution in [3.8, 4) is 5.75 Å². The molecule has 0 radical (unpaired) electrons. The first-order valence-corrected chi connectivity index (χ1v) is 5.54. The number of nitrogens with one attached hydrogen (secondary N) is 1. The summed E-state index contributed by atoms with van der Waals surface area (Å²) in [6.45, 7) is 7.36. The molecule has 0 bridgehead atoms. The number of rotatable bonds is 5. The number of ether oxygens (including phenoxy) is 1. The molecule has 15 heavy (non-hydrogen) atoms. The Balaban J connectivity index is 2.62. The molecule has 0 aliphatic heterocycles. The second-order valence-electron chi connectivity index (χ2n) is 3.99. The molecule has 1 aromatic carbocycles. The van der Waals surface area contributed by atoms with Crippen LogP contribution in [0.15, 0.2) is 18.2 Å². The number of aryl methyl sites for hydroxylation is 1. The van der Waals surface area contributed by atoms with Crippen LogP contribution < -0.4 is 10.1 Å². The van der Waals surface area contributed by atoms with Crippen LogP contribution in [0.1, 0.15) is 31.4 Å². The van der Waals surface area contributed by atoms with E-state index in [2.05, 4.69) is 44.3 Å². The molecule has 2 heteroatoms. The summed E-state index contributed by atoms with van der Waals surface area (Å²) in [4.78, 5) is 0. The molecule has 1 N–H and O–H groups in total. The average molecular weight is 207 g/mol. The zero-order chi connectivity index (χ0) is 11.3. The molecule has 84 valence electrons. The minimum absolute atomic E-state index is 0.567. The molecule has 0 saturated heterocycles. The largest absolute Gasteiger partial charge is 0.496 e. The lowest BCUT2D eigenvalue weighted by Crippen LogP contribution is -2.24. The smallest absolute Gasteiger partial charge is 0.122 e. The molecule has 0 aliphatic carbocycles. The minimum atomic E-state index is 0.567. The van der Waals surface area contributed by atoms with Crippen molar-refractivity contribution in [3.05, 3.63) is 29.3 Å². The first kappa shape index (κ1) is 12.1. The van der Waals surface area contributed by atoms with Crippen LogP contribution in [0.25, 0.3) is 0 Å². The number of methoxy groups -OCH3 is 1. The highest BCUT2D eigenvalue weighted by Gasteiger charge is 2.01. The molecule has 0 amide bonds. The van der Waals surface area contributed by atoms with Gasteiger partial charge in [-0.25, -0.2) is 0 Å². The van der Waals surface area contributed by atoms with Gasteiger partial charge in [-0.15, -0.1) is 0 Å². The van der Waals surface area contributed by atoms with E-state index in [1.807, 2.05) is 0 Å². The second kappa shape index (κ2) is 5.76. The third kappa shape index (κ3) is 3.56. The maximum Gasteiger partial charge on any atom is 0.122 e. The fourth-order valence-corrected chi connectivity index (χ4v) is 1.41. The van der Waals surface area contributed by atoms with E-state index in [9.17, 15) is 0 Å². The van der Waals surface area contributed by atoms with Crippen molar-refractivity contribution in [2.24, 2.45) is 0 Å². The summed E-state index contributed by atoms with van der Waals surface area (Å²) in [5, 5.41) is 3.46. The summed E-state index contributed by atoms with van der Waals surface area (Å²) >= 11 is 0. The molecule has 1 aromatic rings. The monoisotopic (exact) mass is 207 g/mol. The van der Waals surface area contributed by atoms with Gasteiger partial charge in [-0.3, -0.25) is 0 Å². The molecule has 1 atom stereocenters. The van der Waals surface area contributed by atoms with Gasteiger partial charge in [0.25, 0.3) is 0 Å². The molecule has 0 fully saturated rings. The molecule has 1 rings (SSSR count). The van der Waals surface area contributed by atoms with Gasteiger partial charge in [0.15, 0.2) is 0 Å². The molecule has 0 spiro atoms. The third-order valence-electron chi connectivity index (χ3n) is 2.74. The van der Waals surface area contributed by atoms with E-state index in [4.69, 9.17) is 4.74 Å². The van der Waals surface area contributed by atoms with E-state index in [1.54, 1.807) is 7.11 Å². The second-order valence-corrected chi connectivity index (χ2v) is 3.99. The predicted octanol–water partition coefficient (Wildman–Crippen LogP) is 2.89. The standard InChI is InChI=1S/C13H21NO/c1-5-11(3)14-9-12-7-6-10(2)13(8-12)15-4/h6-8,11,14H,5,9H2,1-4H3. The van der Waals surface area contributed by atoms with Gasteiger partial charge in [-0.1, -0.05) is 19.1 Å². The summed E-state index contributed by atoms with van der Waals surface area (Å²) in [6, 6.07) is 6.92. The molecule has 1 unspecified atom stereocenters. The number of hydrogen-bond acceptors (Lipinski definition) is 2. The van der Waals surface area contributed by atoms with Crippen molar-refractivity contribution in [2.75, 3.05) is 7.11 Å². The van der Waals surface area contributed by atoms with Gasteiger partial charge in [-0.05, 0) is 37.5 Å². The zero-order valence-corrected chi connectivity index (χ0v) is 10.1. The SMILES string of the molecule is CCC(C)NCc1ccc(C)c(OC)c1. The van der Waals surface area contributed by atoms with Crippen LogP contribution in [-0.4, -0.2) is 13.2 Å². The van der Waals surface area contributed by atoms with Crippen molar-refractivity contribution in [1.29, 1.82) is 0 Å². The van der Waals surface area contributed by atoms with Gasteiger partial charge in [-0.2, -0.15) is 0 Å². The van der Waals surface area contributed by atoms with Crippen LogP contribution >= 0.6 is 0 Å². The van der Waals surface area contributed by atoms with Crippen LogP contribution in [0.4, 0.5) is 0 Å². The highest BCUT2D eigenvalue weighted by molar-refractivity contribution is 5.36. The summed E-state index contributed by atoms with van der Waals surface area (Å²) < 4.78 is 5.29. The highest BCUT2D eigenvalue weighted by Crippen LogP contribution is 2.18. The maximum absolute atomic E-state index is 5.29. The Morgan fingerprint density at radius 2 is 2.13 bits per heavy atom. The Morgan fingerprint density at radius 3 is 2.73 bits per heavy atom. The van der Waals surface area contributed by atoms with Crippen LogP contribution in [0.5, 0.6) is 5.75 Å². The quantitative estimate of drug-likeness (QED) is 0.801. The van der Waals surface area contributed by atoms with Gasteiger partial charge >= 0.3 is 0 Å². The van der Waals surface area contributed by atoms with Gasteiger partial charge in [0.05, 0.1) is 7.11 Å². The lowest BCUT2D eigenvalue weighted by Gasteiger charge is -2.12. The summed E-state index contributed by atoms with van der Waals surface area (Å²) in [5.74, 6) is 0.971. The Morgan fingerprint density at radius 1 is 1.40 bits per heavy atom. The van der Waals surface area contributed by atoms with E-state index >= 15 is 0 Å². The van der Waals surface area contributed by atoms with Gasteiger partial charge < -0.3 is 10.1 Å². The Labute approximate surface area is 92.6 Å². The van der Waals surface area contributed by atoms with Crippen molar-refractivity contribution in [2.45, 2.75) is 39.8 Å². The molecule has 0 heterocycles. The van der Waals surface area contributed by atoms with E-state index in [-0.39, 0.29) is 0 Å². The van der Waals surface area contributed by atoms with Crippen LogP contribution in [0.3, 0.4) is 0 Å². The minimum Gasteiger partial charge on any atom is -0.496 e. The van der Waals surface area contributed by atoms with Crippen LogP contribution in [0, 0.1) is 6.92 Å². The predicted molar refractivity (Wildman–Crippen MR) is 64.3 cm³/mol. The number of benzene rings is 1. The van der Waals surface area contributed by atoms with Gasteiger partial charge in [0.1, 0.15) is 5.75 Å². The Kier molecular flexibility index (Phi) is 4.63. The zero-order valence-electron chi connectivity index (χ0n) is 10.1. The van der Waals surface area contributed by atoms with E-state index in [0.29, 0.717) is 6.04 Å². The average Bonchev–Trinajstić information content (AvgIpc) is 2.27. The fourth-order valence-electron chi connectivity index (χ4n) is 1.41. The van der Waals surface area contributed by atoms with Crippen molar-refractivity contribution in [3.63, 3.8) is 0 Å². The lowest BCUT2D eigenvalue weighted by atomic mass is 10.1. The molecule has 2 nitrogen and oxygen atoms in total. The van der Waals surface area contributed by atoms with Crippen LogP contribution in [0.2, 0.25) is 0 Å². The van der Waals surface area contributed by atoms with Crippen LogP contribution in [-0.2, 0) is 6.54 Å². The van der Waals surface area contributed by atoms with E-state index < -0.39 is 0 Å². The molecule has 0 aliphatic rings. The van der Waals surface area contributed by atoms with Crippen molar-refractivity contribution < 1.29 is 4.74 Å². The first-order chi connectivity index (χ1) is 7.17. The molecule has 0 aromatic heterocycles. The van der Waals surface area contributed by atoms with Crippen molar-refractivity contribution >= 4 is 0 Å². The van der Waals surface area contributed by atoms with Gasteiger partial charge in [0, 0.05) is 12.6 Å².